The van der Waals surface area contributed by atoms with Crippen LogP contribution in [0.2, 0.25) is 0 Å². The first kappa shape index (κ1) is 18.8. The van der Waals surface area contributed by atoms with E-state index in [-0.39, 0.29) is 16.4 Å². The first-order chi connectivity index (χ1) is 11.3. The molecule has 1 aliphatic rings. The number of ether oxygens (including phenoxy) is 1. The number of sulfonamides is 1. The lowest BCUT2D eigenvalue weighted by molar-refractivity contribution is 0.0891. The minimum Gasteiger partial charge on any atom is -0.384 e. The van der Waals surface area contributed by atoms with Gasteiger partial charge in [0, 0.05) is 25.8 Å². The summed E-state index contributed by atoms with van der Waals surface area (Å²) >= 11 is 0. The van der Waals surface area contributed by atoms with Gasteiger partial charge in [-0.3, -0.25) is 4.79 Å². The Hall–Kier alpha value is -1.58. The van der Waals surface area contributed by atoms with Gasteiger partial charge in [0.15, 0.2) is 0 Å². The standard InChI is InChI=1S/C15H20F2N2O4S/c1-23-10-11-6-7-19(9-11)24(21,22)13-4-2-12(3-5-13)15(20)18-8-14(16)17/h2-5,11,14H,6-10H2,1H3,(H,18,20). The zero-order chi connectivity index (χ0) is 17.7. The highest BCUT2D eigenvalue weighted by atomic mass is 32.2. The van der Waals surface area contributed by atoms with Crippen LogP contribution in [-0.2, 0) is 14.8 Å². The Labute approximate surface area is 139 Å². The number of alkyl halides is 2. The van der Waals surface area contributed by atoms with Crippen LogP contribution in [0, 0.1) is 5.92 Å². The molecule has 0 spiro atoms. The van der Waals surface area contributed by atoms with Crippen molar-refractivity contribution in [3.63, 3.8) is 0 Å². The fourth-order valence-electron chi connectivity index (χ4n) is 2.59. The molecule has 1 unspecified atom stereocenters. The van der Waals surface area contributed by atoms with Crippen LogP contribution in [0.3, 0.4) is 0 Å². The molecule has 1 saturated heterocycles. The Bertz CT molecular complexity index is 665. The fourth-order valence-corrected chi connectivity index (χ4v) is 4.12. The van der Waals surface area contributed by atoms with Gasteiger partial charge in [-0.2, -0.15) is 4.31 Å². The van der Waals surface area contributed by atoms with Gasteiger partial charge < -0.3 is 10.1 Å². The number of methoxy groups -OCH3 is 1. The summed E-state index contributed by atoms with van der Waals surface area (Å²) in [4.78, 5) is 11.7. The summed E-state index contributed by atoms with van der Waals surface area (Å²) in [6.07, 6.45) is -1.90. The zero-order valence-corrected chi connectivity index (χ0v) is 14.1. The third-order valence-electron chi connectivity index (χ3n) is 3.82. The smallest absolute Gasteiger partial charge is 0.255 e. The summed E-state index contributed by atoms with van der Waals surface area (Å²) in [5.41, 5.74) is 0.133. The van der Waals surface area contributed by atoms with E-state index < -0.39 is 28.9 Å². The first-order valence-electron chi connectivity index (χ1n) is 7.50. The van der Waals surface area contributed by atoms with Gasteiger partial charge in [-0.25, -0.2) is 17.2 Å². The molecule has 1 fully saturated rings. The number of hydrogen-bond donors (Lipinski definition) is 1. The Morgan fingerprint density at radius 1 is 1.38 bits per heavy atom. The molecule has 1 aliphatic heterocycles. The molecule has 1 aromatic carbocycles. The molecule has 0 saturated carbocycles. The normalized spacial score (nSPS) is 18.9. The number of halogens is 2. The van der Waals surface area contributed by atoms with Crippen molar-refractivity contribution in [2.24, 2.45) is 5.92 Å². The summed E-state index contributed by atoms with van der Waals surface area (Å²) in [7, 11) is -2.05. The van der Waals surface area contributed by atoms with Crippen LogP contribution in [0.5, 0.6) is 0 Å². The van der Waals surface area contributed by atoms with Crippen LogP contribution in [-0.4, -0.2) is 58.4 Å². The van der Waals surface area contributed by atoms with E-state index in [4.69, 9.17) is 4.74 Å². The molecule has 24 heavy (non-hydrogen) atoms. The average Bonchev–Trinajstić information content (AvgIpc) is 3.02. The van der Waals surface area contributed by atoms with Gasteiger partial charge in [-0.1, -0.05) is 0 Å². The van der Waals surface area contributed by atoms with Crippen molar-refractivity contribution in [3.8, 4) is 0 Å². The minimum atomic E-state index is -3.63. The van der Waals surface area contributed by atoms with Crippen LogP contribution in [0.4, 0.5) is 8.78 Å². The number of rotatable bonds is 7. The van der Waals surface area contributed by atoms with E-state index in [0.717, 1.165) is 6.42 Å². The number of amides is 1. The van der Waals surface area contributed by atoms with E-state index in [1.165, 1.54) is 28.6 Å². The van der Waals surface area contributed by atoms with Crippen LogP contribution in [0.15, 0.2) is 29.2 Å². The first-order valence-corrected chi connectivity index (χ1v) is 8.94. The van der Waals surface area contributed by atoms with Gasteiger partial charge >= 0.3 is 0 Å². The van der Waals surface area contributed by atoms with Crippen molar-refractivity contribution in [3.05, 3.63) is 29.8 Å². The van der Waals surface area contributed by atoms with Crippen molar-refractivity contribution in [1.82, 2.24) is 9.62 Å². The number of nitrogens with zero attached hydrogens (tertiary/aromatic N) is 1. The van der Waals surface area contributed by atoms with E-state index in [0.29, 0.717) is 19.7 Å². The number of hydrogen-bond acceptors (Lipinski definition) is 4. The fraction of sp³-hybridized carbons (Fsp3) is 0.533. The average molecular weight is 362 g/mol. The maximum atomic E-state index is 12.6. The quantitative estimate of drug-likeness (QED) is 0.794. The Morgan fingerprint density at radius 3 is 2.62 bits per heavy atom. The van der Waals surface area contributed by atoms with Crippen LogP contribution in [0.25, 0.3) is 0 Å². The highest BCUT2D eigenvalue weighted by molar-refractivity contribution is 7.89. The molecule has 1 heterocycles. The summed E-state index contributed by atoms with van der Waals surface area (Å²) in [6.45, 7) is 0.586. The lowest BCUT2D eigenvalue weighted by atomic mass is 10.1. The van der Waals surface area contributed by atoms with E-state index in [9.17, 15) is 22.0 Å². The Kier molecular flexibility index (Phi) is 6.25. The van der Waals surface area contributed by atoms with Gasteiger partial charge in [0.2, 0.25) is 10.0 Å². The molecular formula is C15H20F2N2O4S. The van der Waals surface area contributed by atoms with Crippen molar-refractivity contribution in [2.45, 2.75) is 17.7 Å². The molecule has 134 valence electrons. The molecule has 9 heteroatoms. The summed E-state index contributed by atoms with van der Waals surface area (Å²) in [5, 5.41) is 2.07. The maximum Gasteiger partial charge on any atom is 0.255 e. The monoisotopic (exact) mass is 362 g/mol. The molecule has 0 bridgehead atoms. The summed E-state index contributed by atoms with van der Waals surface area (Å²) in [5.74, 6) is -0.496. The molecular weight excluding hydrogens is 342 g/mol. The molecule has 1 N–H and O–H groups in total. The topological polar surface area (TPSA) is 75.7 Å². The molecule has 1 atom stereocenters. The summed E-state index contributed by atoms with van der Waals surface area (Å²) < 4.78 is 55.7. The molecule has 0 aliphatic carbocycles. The van der Waals surface area contributed by atoms with Crippen molar-refractivity contribution in [1.29, 1.82) is 0 Å². The van der Waals surface area contributed by atoms with Gasteiger partial charge in [-0.05, 0) is 36.6 Å². The third-order valence-corrected chi connectivity index (χ3v) is 5.70. The zero-order valence-electron chi connectivity index (χ0n) is 13.2. The Balaban J connectivity index is 2.05. The second-order valence-electron chi connectivity index (χ2n) is 5.60. The second-order valence-corrected chi connectivity index (χ2v) is 7.54. The van der Waals surface area contributed by atoms with Gasteiger partial charge in [0.05, 0.1) is 18.0 Å². The van der Waals surface area contributed by atoms with Crippen molar-refractivity contribution >= 4 is 15.9 Å². The number of nitrogens with one attached hydrogen (secondary N) is 1. The summed E-state index contributed by atoms with van der Waals surface area (Å²) in [6, 6.07) is 5.26. The molecule has 2 rings (SSSR count). The van der Waals surface area contributed by atoms with E-state index in [1.807, 2.05) is 0 Å². The minimum absolute atomic E-state index is 0.0750. The molecule has 1 aromatic rings. The second kappa shape index (κ2) is 8.00. The molecule has 6 nitrogen and oxygen atoms in total. The lowest BCUT2D eigenvalue weighted by Gasteiger charge is -2.16. The van der Waals surface area contributed by atoms with Gasteiger partial charge in [-0.15, -0.1) is 0 Å². The van der Waals surface area contributed by atoms with Gasteiger partial charge in [0.1, 0.15) is 0 Å². The third kappa shape index (κ3) is 4.49. The highest BCUT2D eigenvalue weighted by Gasteiger charge is 2.32. The van der Waals surface area contributed by atoms with E-state index in [2.05, 4.69) is 5.32 Å². The van der Waals surface area contributed by atoms with Crippen LogP contribution < -0.4 is 5.32 Å². The van der Waals surface area contributed by atoms with E-state index >= 15 is 0 Å². The van der Waals surface area contributed by atoms with Crippen LogP contribution in [0.1, 0.15) is 16.8 Å². The SMILES string of the molecule is COCC1CCN(S(=O)(=O)c2ccc(C(=O)NCC(F)F)cc2)C1. The number of carbonyl (C=O) groups excluding carboxylic acids is 1. The predicted molar refractivity (Wildman–Crippen MR) is 83.5 cm³/mol. The molecule has 0 radical (unpaired) electrons. The molecule has 0 aromatic heterocycles. The maximum absolute atomic E-state index is 12.6. The number of carbonyl (C=O) groups is 1. The van der Waals surface area contributed by atoms with Crippen molar-refractivity contribution < 1.29 is 26.7 Å². The van der Waals surface area contributed by atoms with Crippen LogP contribution >= 0.6 is 0 Å². The lowest BCUT2D eigenvalue weighted by Crippen LogP contribution is -2.30. The highest BCUT2D eigenvalue weighted by Crippen LogP contribution is 2.24. The largest absolute Gasteiger partial charge is 0.384 e. The van der Waals surface area contributed by atoms with Gasteiger partial charge in [0.25, 0.3) is 12.3 Å². The predicted octanol–water partition coefficient (Wildman–Crippen LogP) is 1.34. The number of benzene rings is 1. The molecule has 1 amide bonds. The van der Waals surface area contributed by atoms with Crippen molar-refractivity contribution in [2.75, 3.05) is 33.4 Å². The van der Waals surface area contributed by atoms with E-state index in [1.54, 1.807) is 7.11 Å². The Morgan fingerprint density at radius 2 is 2.04 bits per heavy atom.